The van der Waals surface area contributed by atoms with Gasteiger partial charge in [0.25, 0.3) is 0 Å². The van der Waals surface area contributed by atoms with Crippen LogP contribution in [0.15, 0.2) is 24.3 Å². The smallest absolute Gasteiger partial charge is 0.335 e. The molecule has 0 bridgehead atoms. The van der Waals surface area contributed by atoms with Gasteiger partial charge >= 0.3 is 5.97 Å². The minimum Gasteiger partial charge on any atom is -0.478 e. The van der Waals surface area contributed by atoms with Gasteiger partial charge in [-0.25, -0.2) is 13.2 Å². The maximum absolute atomic E-state index is 11.9. The summed E-state index contributed by atoms with van der Waals surface area (Å²) in [6, 6.07) is 6.20. The Morgan fingerprint density at radius 1 is 1.35 bits per heavy atom. The molecule has 1 N–H and O–H groups in total. The molecule has 94 valence electrons. The highest BCUT2D eigenvalue weighted by molar-refractivity contribution is 7.91. The van der Waals surface area contributed by atoms with Gasteiger partial charge in [-0.1, -0.05) is 25.1 Å². The number of carbonyl (C=O) groups is 1. The Balaban J connectivity index is 3.08. The quantitative estimate of drug-likeness (QED) is 0.875. The predicted molar refractivity (Wildman–Crippen MR) is 65.8 cm³/mol. The van der Waals surface area contributed by atoms with Crippen LogP contribution in [0.1, 0.15) is 36.2 Å². The molecule has 0 aliphatic rings. The Labute approximate surface area is 101 Å². The monoisotopic (exact) mass is 256 g/mol. The fourth-order valence-electron chi connectivity index (χ4n) is 1.47. The van der Waals surface area contributed by atoms with Crippen molar-refractivity contribution in [3.05, 3.63) is 35.4 Å². The molecule has 4 nitrogen and oxygen atoms in total. The second-order valence-electron chi connectivity index (χ2n) is 3.99. The van der Waals surface area contributed by atoms with Gasteiger partial charge in [-0.05, 0) is 25.0 Å². The minimum atomic E-state index is -3.28. The summed E-state index contributed by atoms with van der Waals surface area (Å²) < 4.78 is 23.8. The van der Waals surface area contributed by atoms with E-state index in [1.807, 2.05) is 0 Å². The summed E-state index contributed by atoms with van der Waals surface area (Å²) in [6.45, 7) is 3.43. The molecule has 0 heterocycles. The van der Waals surface area contributed by atoms with E-state index >= 15 is 0 Å². The van der Waals surface area contributed by atoms with Gasteiger partial charge in [0.05, 0.1) is 16.6 Å². The van der Waals surface area contributed by atoms with Crippen molar-refractivity contribution < 1.29 is 18.3 Å². The molecule has 1 rings (SSSR count). The molecule has 0 saturated carbocycles. The topological polar surface area (TPSA) is 71.4 Å². The minimum absolute atomic E-state index is 0.0550. The zero-order valence-electron chi connectivity index (χ0n) is 9.88. The third-order valence-corrected chi connectivity index (χ3v) is 5.07. The van der Waals surface area contributed by atoms with Gasteiger partial charge in [0, 0.05) is 0 Å². The summed E-state index contributed by atoms with van der Waals surface area (Å²) in [5.74, 6) is -1.32. The molecule has 0 saturated heterocycles. The maximum atomic E-state index is 11.9. The average Bonchev–Trinajstić information content (AvgIpc) is 2.27. The number of hydrogen-bond donors (Lipinski definition) is 1. The van der Waals surface area contributed by atoms with Crippen molar-refractivity contribution >= 4 is 15.8 Å². The Hall–Kier alpha value is -1.36. The van der Waals surface area contributed by atoms with Crippen LogP contribution in [0.2, 0.25) is 0 Å². The maximum Gasteiger partial charge on any atom is 0.335 e. The largest absolute Gasteiger partial charge is 0.478 e. The molecular formula is C12H16O4S. The number of hydrogen-bond acceptors (Lipinski definition) is 3. The second-order valence-corrected chi connectivity index (χ2v) is 6.41. The molecule has 5 heteroatoms. The van der Waals surface area contributed by atoms with Crippen LogP contribution in [-0.4, -0.2) is 24.7 Å². The van der Waals surface area contributed by atoms with Crippen molar-refractivity contribution in [1.29, 1.82) is 0 Å². The van der Waals surface area contributed by atoms with Crippen molar-refractivity contribution in [2.24, 2.45) is 0 Å². The van der Waals surface area contributed by atoms with Gasteiger partial charge < -0.3 is 5.11 Å². The first kappa shape index (κ1) is 13.7. The first-order chi connectivity index (χ1) is 7.88. The average molecular weight is 256 g/mol. The molecule has 1 atom stereocenters. The number of carboxylic acid groups (broad SMARTS) is 1. The number of sulfone groups is 1. The van der Waals surface area contributed by atoms with E-state index in [4.69, 9.17) is 5.11 Å². The van der Waals surface area contributed by atoms with Crippen LogP contribution in [0.4, 0.5) is 0 Å². The van der Waals surface area contributed by atoms with Crippen molar-refractivity contribution in [1.82, 2.24) is 0 Å². The van der Waals surface area contributed by atoms with E-state index in [2.05, 4.69) is 0 Å². The van der Waals surface area contributed by atoms with Crippen molar-refractivity contribution in [3.63, 3.8) is 0 Å². The van der Waals surface area contributed by atoms with Crippen LogP contribution in [-0.2, 0) is 15.6 Å². The molecule has 0 spiro atoms. The Bertz CT molecular complexity index is 505. The van der Waals surface area contributed by atoms with E-state index in [9.17, 15) is 13.2 Å². The lowest BCUT2D eigenvalue weighted by molar-refractivity contribution is 0.0696. The lowest BCUT2D eigenvalue weighted by Crippen LogP contribution is -2.20. The summed E-state index contributed by atoms with van der Waals surface area (Å²) in [6.07, 6.45) is 0.525. The normalized spacial score (nSPS) is 13.3. The van der Waals surface area contributed by atoms with Crippen LogP contribution in [0.25, 0.3) is 0 Å². The third-order valence-electron chi connectivity index (χ3n) is 2.79. The molecule has 1 aromatic rings. The van der Waals surface area contributed by atoms with Gasteiger partial charge in [-0.15, -0.1) is 0 Å². The number of carboxylic acids is 1. The number of benzene rings is 1. The molecular weight excluding hydrogens is 240 g/mol. The Morgan fingerprint density at radius 3 is 2.47 bits per heavy atom. The van der Waals surface area contributed by atoms with Crippen molar-refractivity contribution in [2.75, 3.05) is 0 Å². The summed E-state index contributed by atoms with van der Waals surface area (Å²) in [5.41, 5.74) is 0.402. The Kier molecular flexibility index (Phi) is 4.28. The summed E-state index contributed by atoms with van der Waals surface area (Å²) in [7, 11) is -3.28. The molecule has 17 heavy (non-hydrogen) atoms. The molecule has 0 fully saturated rings. The van der Waals surface area contributed by atoms with Gasteiger partial charge in [0.1, 0.15) is 0 Å². The lowest BCUT2D eigenvalue weighted by atomic mass is 10.1. The zero-order chi connectivity index (χ0) is 13.1. The van der Waals surface area contributed by atoms with E-state index in [1.165, 1.54) is 6.07 Å². The molecule has 0 aliphatic carbocycles. The van der Waals surface area contributed by atoms with Crippen LogP contribution < -0.4 is 0 Å². The predicted octanol–water partition coefficient (Wildman–Crippen LogP) is 2.10. The van der Waals surface area contributed by atoms with Crippen LogP contribution >= 0.6 is 0 Å². The first-order valence-electron chi connectivity index (χ1n) is 5.41. The highest BCUT2D eigenvalue weighted by atomic mass is 32.2. The second kappa shape index (κ2) is 5.31. The fourth-order valence-corrected chi connectivity index (χ4v) is 2.95. The van der Waals surface area contributed by atoms with E-state index in [1.54, 1.807) is 32.0 Å². The van der Waals surface area contributed by atoms with Gasteiger partial charge in [0.2, 0.25) is 0 Å². The van der Waals surface area contributed by atoms with E-state index in [0.29, 0.717) is 12.0 Å². The molecule has 0 radical (unpaired) electrons. The summed E-state index contributed by atoms with van der Waals surface area (Å²) in [5, 5.41) is 8.51. The SMILES string of the molecule is CCC(C)S(=O)(=O)Cc1ccccc1C(=O)O. The molecule has 0 aromatic heterocycles. The molecule has 1 unspecified atom stereocenters. The van der Waals surface area contributed by atoms with E-state index < -0.39 is 21.1 Å². The zero-order valence-corrected chi connectivity index (χ0v) is 10.7. The summed E-state index contributed by atoms with van der Waals surface area (Å²) >= 11 is 0. The highest BCUT2D eigenvalue weighted by Crippen LogP contribution is 2.17. The molecule has 0 aliphatic heterocycles. The van der Waals surface area contributed by atoms with Crippen molar-refractivity contribution in [2.45, 2.75) is 31.3 Å². The fraction of sp³-hybridized carbons (Fsp3) is 0.417. The summed E-state index contributed by atoms with van der Waals surface area (Å²) in [4.78, 5) is 11.0. The lowest BCUT2D eigenvalue weighted by Gasteiger charge is -2.11. The number of rotatable bonds is 5. The van der Waals surface area contributed by atoms with E-state index in [0.717, 1.165) is 0 Å². The van der Waals surface area contributed by atoms with Gasteiger partial charge in [0.15, 0.2) is 9.84 Å². The first-order valence-corrected chi connectivity index (χ1v) is 7.12. The molecule has 0 amide bonds. The van der Waals surface area contributed by atoms with Crippen LogP contribution in [0.5, 0.6) is 0 Å². The number of aromatic carboxylic acids is 1. The molecule has 1 aromatic carbocycles. The Morgan fingerprint density at radius 2 is 1.94 bits per heavy atom. The van der Waals surface area contributed by atoms with Crippen LogP contribution in [0, 0.1) is 0 Å². The van der Waals surface area contributed by atoms with Crippen LogP contribution in [0.3, 0.4) is 0 Å². The highest BCUT2D eigenvalue weighted by Gasteiger charge is 2.22. The van der Waals surface area contributed by atoms with E-state index in [-0.39, 0.29) is 11.3 Å². The van der Waals surface area contributed by atoms with Crippen molar-refractivity contribution in [3.8, 4) is 0 Å². The van der Waals surface area contributed by atoms with Gasteiger partial charge in [-0.3, -0.25) is 0 Å². The third kappa shape index (κ3) is 3.30. The standard InChI is InChI=1S/C12H16O4S/c1-3-9(2)17(15,16)8-10-6-4-5-7-11(10)12(13)14/h4-7,9H,3,8H2,1-2H3,(H,13,14). The van der Waals surface area contributed by atoms with Gasteiger partial charge in [-0.2, -0.15) is 0 Å².